The van der Waals surface area contributed by atoms with E-state index in [-0.39, 0.29) is 5.38 Å². The first kappa shape index (κ1) is 13.2. The quantitative estimate of drug-likeness (QED) is 0.475. The van der Waals surface area contributed by atoms with Gasteiger partial charge in [-0.25, -0.2) is 0 Å². The van der Waals surface area contributed by atoms with Crippen LogP contribution in [-0.2, 0) is 0 Å². The number of hydrogen-bond acceptors (Lipinski definition) is 1. The van der Waals surface area contributed by atoms with Gasteiger partial charge in [0.05, 0.1) is 5.38 Å². The Balaban J connectivity index is 2.09. The fourth-order valence-electron chi connectivity index (χ4n) is 2.15. The molecule has 96 valence electrons. The number of fused-ring (bicyclic) bond motifs is 1. The highest BCUT2D eigenvalue weighted by Crippen LogP contribution is 2.39. The van der Waals surface area contributed by atoms with Gasteiger partial charge in [-0.3, -0.25) is 0 Å². The molecule has 0 N–H and O–H groups in total. The summed E-state index contributed by atoms with van der Waals surface area (Å²) in [5, 5.41) is 3.30. The Labute approximate surface area is 130 Å². The summed E-state index contributed by atoms with van der Waals surface area (Å²) in [4.78, 5) is 0. The van der Waals surface area contributed by atoms with E-state index in [0.29, 0.717) is 0 Å². The van der Waals surface area contributed by atoms with Crippen LogP contribution >= 0.6 is 38.9 Å². The predicted octanol–water partition coefficient (Wildman–Crippen LogP) is 6.30. The van der Waals surface area contributed by atoms with Crippen molar-refractivity contribution in [3.05, 3.63) is 69.0 Å². The number of hydrogen-bond donors (Lipinski definition) is 0. The van der Waals surface area contributed by atoms with E-state index in [9.17, 15) is 0 Å². The fourth-order valence-corrected chi connectivity index (χ4v) is 4.20. The van der Waals surface area contributed by atoms with E-state index < -0.39 is 0 Å². The summed E-state index contributed by atoms with van der Waals surface area (Å²) in [5.41, 5.74) is 3.59. The number of rotatable bonds is 2. The van der Waals surface area contributed by atoms with Crippen LogP contribution < -0.4 is 0 Å². The standard InChI is InChI=1S/C16H12BrClS/c1-10-5-7-11(8-6-10)15(18)13-9-19-16-12(13)3-2-4-14(16)17/h2-9,15H,1H3. The molecule has 3 aromatic rings. The van der Waals surface area contributed by atoms with Gasteiger partial charge < -0.3 is 0 Å². The third kappa shape index (κ3) is 2.45. The van der Waals surface area contributed by atoms with E-state index in [2.05, 4.69) is 70.7 Å². The maximum absolute atomic E-state index is 6.65. The fraction of sp³-hybridized carbons (Fsp3) is 0.125. The average molecular weight is 352 g/mol. The number of aryl methyl sites for hydroxylation is 1. The molecule has 1 aromatic heterocycles. The van der Waals surface area contributed by atoms with Gasteiger partial charge in [0.2, 0.25) is 0 Å². The highest BCUT2D eigenvalue weighted by atomic mass is 79.9. The Kier molecular flexibility index (Phi) is 3.66. The van der Waals surface area contributed by atoms with Gasteiger partial charge in [0.25, 0.3) is 0 Å². The van der Waals surface area contributed by atoms with Crippen LogP contribution in [0.2, 0.25) is 0 Å². The van der Waals surface area contributed by atoms with Gasteiger partial charge in [-0.1, -0.05) is 42.0 Å². The van der Waals surface area contributed by atoms with Gasteiger partial charge in [-0.05, 0) is 50.8 Å². The van der Waals surface area contributed by atoms with Gasteiger partial charge in [0, 0.05) is 9.17 Å². The first-order valence-corrected chi connectivity index (χ1v) is 8.14. The minimum atomic E-state index is -0.0938. The molecule has 0 aliphatic heterocycles. The molecule has 0 nitrogen and oxygen atoms in total. The van der Waals surface area contributed by atoms with Gasteiger partial charge in [-0.2, -0.15) is 0 Å². The van der Waals surface area contributed by atoms with Crippen molar-refractivity contribution >= 4 is 49.0 Å². The van der Waals surface area contributed by atoms with Crippen molar-refractivity contribution in [1.29, 1.82) is 0 Å². The van der Waals surface area contributed by atoms with Crippen molar-refractivity contribution in [3.8, 4) is 0 Å². The Morgan fingerprint density at radius 3 is 2.58 bits per heavy atom. The average Bonchev–Trinajstić information content (AvgIpc) is 2.84. The summed E-state index contributed by atoms with van der Waals surface area (Å²) in [6.45, 7) is 2.09. The summed E-state index contributed by atoms with van der Waals surface area (Å²) in [6, 6.07) is 14.7. The first-order valence-electron chi connectivity index (χ1n) is 6.03. The lowest BCUT2D eigenvalue weighted by Crippen LogP contribution is -1.91. The highest BCUT2D eigenvalue weighted by molar-refractivity contribution is 9.10. The lowest BCUT2D eigenvalue weighted by atomic mass is 10.0. The molecule has 1 unspecified atom stereocenters. The molecular formula is C16H12BrClS. The van der Waals surface area contributed by atoms with Crippen LogP contribution in [0.5, 0.6) is 0 Å². The zero-order chi connectivity index (χ0) is 13.4. The Morgan fingerprint density at radius 2 is 1.84 bits per heavy atom. The van der Waals surface area contributed by atoms with Crippen molar-refractivity contribution in [2.75, 3.05) is 0 Å². The van der Waals surface area contributed by atoms with Crippen LogP contribution in [0, 0.1) is 6.92 Å². The van der Waals surface area contributed by atoms with E-state index in [1.54, 1.807) is 11.3 Å². The van der Waals surface area contributed by atoms with Crippen molar-refractivity contribution < 1.29 is 0 Å². The third-order valence-electron chi connectivity index (χ3n) is 3.22. The molecule has 2 aromatic carbocycles. The lowest BCUT2D eigenvalue weighted by molar-refractivity contribution is 1.16. The molecule has 0 fully saturated rings. The van der Waals surface area contributed by atoms with Crippen LogP contribution in [0.4, 0.5) is 0 Å². The second kappa shape index (κ2) is 5.28. The highest BCUT2D eigenvalue weighted by Gasteiger charge is 2.16. The van der Waals surface area contributed by atoms with Crippen molar-refractivity contribution in [2.45, 2.75) is 12.3 Å². The summed E-state index contributed by atoms with van der Waals surface area (Å²) in [7, 11) is 0. The molecule has 0 saturated carbocycles. The molecule has 19 heavy (non-hydrogen) atoms. The van der Waals surface area contributed by atoms with E-state index >= 15 is 0 Å². The monoisotopic (exact) mass is 350 g/mol. The van der Waals surface area contributed by atoms with E-state index in [1.165, 1.54) is 21.2 Å². The van der Waals surface area contributed by atoms with Gasteiger partial charge in [0.1, 0.15) is 0 Å². The third-order valence-corrected chi connectivity index (χ3v) is 5.68. The molecule has 0 bridgehead atoms. The minimum absolute atomic E-state index is 0.0938. The maximum Gasteiger partial charge on any atom is 0.0849 e. The summed E-state index contributed by atoms with van der Waals surface area (Å²) in [6.07, 6.45) is 0. The molecule has 3 rings (SSSR count). The summed E-state index contributed by atoms with van der Waals surface area (Å²) >= 11 is 12.0. The second-order valence-corrected chi connectivity index (χ2v) is 6.75. The summed E-state index contributed by atoms with van der Waals surface area (Å²) in [5.74, 6) is 0. The van der Waals surface area contributed by atoms with Crippen LogP contribution in [0.25, 0.3) is 10.1 Å². The van der Waals surface area contributed by atoms with Crippen molar-refractivity contribution in [2.24, 2.45) is 0 Å². The van der Waals surface area contributed by atoms with Crippen LogP contribution in [0.1, 0.15) is 22.1 Å². The Morgan fingerprint density at radius 1 is 1.11 bits per heavy atom. The van der Waals surface area contributed by atoms with E-state index in [4.69, 9.17) is 11.6 Å². The molecular weight excluding hydrogens is 340 g/mol. The Bertz CT molecular complexity index is 715. The molecule has 1 atom stereocenters. The number of thiophene rings is 1. The van der Waals surface area contributed by atoms with Gasteiger partial charge in [-0.15, -0.1) is 22.9 Å². The molecule has 0 saturated heterocycles. The topological polar surface area (TPSA) is 0 Å². The molecule has 1 heterocycles. The zero-order valence-electron chi connectivity index (χ0n) is 10.4. The number of benzene rings is 2. The number of alkyl halides is 1. The second-order valence-electron chi connectivity index (χ2n) is 4.58. The lowest BCUT2D eigenvalue weighted by Gasteiger charge is -2.09. The molecule has 0 radical (unpaired) electrons. The largest absolute Gasteiger partial charge is 0.142 e. The molecule has 0 aliphatic carbocycles. The minimum Gasteiger partial charge on any atom is -0.142 e. The predicted molar refractivity (Wildman–Crippen MR) is 88.4 cm³/mol. The van der Waals surface area contributed by atoms with Gasteiger partial charge in [0.15, 0.2) is 0 Å². The van der Waals surface area contributed by atoms with Crippen LogP contribution in [0.15, 0.2) is 52.3 Å². The smallest absolute Gasteiger partial charge is 0.0849 e. The van der Waals surface area contributed by atoms with E-state index in [1.807, 2.05) is 0 Å². The van der Waals surface area contributed by atoms with Crippen LogP contribution in [0.3, 0.4) is 0 Å². The summed E-state index contributed by atoms with van der Waals surface area (Å²) < 4.78 is 2.39. The van der Waals surface area contributed by atoms with Gasteiger partial charge >= 0.3 is 0 Å². The molecule has 0 aliphatic rings. The van der Waals surface area contributed by atoms with Crippen molar-refractivity contribution in [3.63, 3.8) is 0 Å². The molecule has 3 heteroatoms. The zero-order valence-corrected chi connectivity index (χ0v) is 13.5. The van der Waals surface area contributed by atoms with Crippen molar-refractivity contribution in [1.82, 2.24) is 0 Å². The van der Waals surface area contributed by atoms with E-state index in [0.717, 1.165) is 10.0 Å². The molecule has 0 spiro atoms. The number of halogens is 2. The normalized spacial score (nSPS) is 12.8. The van der Waals surface area contributed by atoms with Crippen LogP contribution in [-0.4, -0.2) is 0 Å². The molecule has 0 amide bonds. The SMILES string of the molecule is Cc1ccc(C(Cl)c2csc3c(Br)cccc23)cc1. The maximum atomic E-state index is 6.65. The first-order chi connectivity index (χ1) is 9.16. The Hall–Kier alpha value is -0.830.